The number of nitrogens with one attached hydrogen (secondary N) is 1. The van der Waals surface area contributed by atoms with Crippen LogP contribution < -0.4 is 16.2 Å². The van der Waals surface area contributed by atoms with Gasteiger partial charge in [-0.05, 0) is 17.8 Å². The minimum absolute atomic E-state index is 0.00200. The highest BCUT2D eigenvalue weighted by molar-refractivity contribution is 5.56. The molecule has 1 aliphatic heterocycles. The largest absolute Gasteiger partial charge is 0.356 e. The maximum atomic E-state index is 11.0. The predicted molar refractivity (Wildman–Crippen MR) is 78.5 cm³/mol. The monoisotopic (exact) mass is 279 g/mol. The van der Waals surface area contributed by atoms with E-state index in [1.165, 1.54) is 12.1 Å². The summed E-state index contributed by atoms with van der Waals surface area (Å²) in [5.41, 5.74) is 2.61. The van der Waals surface area contributed by atoms with Gasteiger partial charge in [0.2, 0.25) is 0 Å². The number of hydrogen-bond acceptors (Lipinski definition) is 6. The Labute approximate surface area is 118 Å². The fourth-order valence-electron chi connectivity index (χ4n) is 2.52. The molecule has 1 unspecified atom stereocenters. The summed E-state index contributed by atoms with van der Waals surface area (Å²) >= 11 is 0. The van der Waals surface area contributed by atoms with Crippen molar-refractivity contribution in [2.75, 3.05) is 23.4 Å². The topological polar surface area (TPSA) is 97.3 Å². The molecule has 1 aromatic heterocycles. The van der Waals surface area contributed by atoms with Gasteiger partial charge in [-0.2, -0.15) is 0 Å². The number of rotatable bonds is 3. The van der Waals surface area contributed by atoms with Crippen LogP contribution in [0.5, 0.6) is 0 Å². The summed E-state index contributed by atoms with van der Waals surface area (Å²) in [5.74, 6) is 6.81. The Bertz CT molecular complexity index is 512. The van der Waals surface area contributed by atoms with Gasteiger partial charge in [0, 0.05) is 13.1 Å². The number of aromatic nitrogens is 1. The first kappa shape index (κ1) is 14.5. The fourth-order valence-corrected chi connectivity index (χ4v) is 2.52. The Hall–Kier alpha value is -1.89. The fraction of sp³-hybridized carbons (Fsp3) is 0.615. The van der Waals surface area contributed by atoms with Crippen LogP contribution in [0.3, 0.4) is 0 Å². The summed E-state index contributed by atoms with van der Waals surface area (Å²) in [4.78, 5) is 16.9. The van der Waals surface area contributed by atoms with Gasteiger partial charge in [-0.1, -0.05) is 20.8 Å². The van der Waals surface area contributed by atoms with Crippen molar-refractivity contribution in [3.63, 3.8) is 0 Å². The highest BCUT2D eigenvalue weighted by atomic mass is 16.6. The third kappa shape index (κ3) is 2.98. The molecule has 1 saturated heterocycles. The molecular formula is C13H21N5O2. The summed E-state index contributed by atoms with van der Waals surface area (Å²) in [6, 6.07) is 2.84. The van der Waals surface area contributed by atoms with Crippen molar-refractivity contribution in [2.45, 2.75) is 27.2 Å². The van der Waals surface area contributed by atoms with Crippen LogP contribution in [-0.2, 0) is 0 Å². The number of nitrogens with two attached hydrogens (primary N) is 1. The lowest BCUT2D eigenvalue weighted by atomic mass is 9.80. The third-order valence-electron chi connectivity index (χ3n) is 3.89. The Morgan fingerprint density at radius 1 is 1.50 bits per heavy atom. The van der Waals surface area contributed by atoms with Gasteiger partial charge >= 0.3 is 0 Å². The Morgan fingerprint density at radius 3 is 2.70 bits per heavy atom. The SMILES string of the molecule is CC(C)(C)C1CCN(c2cc([N+](=O)[O-])cc(NN)n2)C1. The number of pyridine rings is 1. The highest BCUT2D eigenvalue weighted by Gasteiger charge is 2.32. The molecule has 110 valence electrons. The number of hydrazine groups is 1. The van der Waals surface area contributed by atoms with E-state index in [1.807, 2.05) is 0 Å². The van der Waals surface area contributed by atoms with Crippen LogP contribution in [0.25, 0.3) is 0 Å². The van der Waals surface area contributed by atoms with Gasteiger partial charge in [0.25, 0.3) is 5.69 Å². The lowest BCUT2D eigenvalue weighted by Gasteiger charge is -2.27. The molecular weight excluding hydrogens is 258 g/mol. The standard InChI is InChI=1S/C13H21N5O2/c1-13(2,3)9-4-5-17(8-9)12-7-10(18(19)20)6-11(15-12)16-14/h6-7,9H,4-5,8,14H2,1-3H3,(H,15,16). The van der Waals surface area contributed by atoms with Crippen LogP contribution in [-0.4, -0.2) is 23.0 Å². The van der Waals surface area contributed by atoms with E-state index in [2.05, 4.69) is 36.1 Å². The lowest BCUT2D eigenvalue weighted by Crippen LogP contribution is -2.26. The van der Waals surface area contributed by atoms with Gasteiger partial charge in [-0.3, -0.25) is 10.1 Å². The molecule has 1 atom stereocenters. The van der Waals surface area contributed by atoms with E-state index < -0.39 is 4.92 Å². The number of nitrogens with zero attached hydrogens (tertiary/aromatic N) is 3. The number of anilines is 2. The zero-order valence-electron chi connectivity index (χ0n) is 12.1. The van der Waals surface area contributed by atoms with Gasteiger partial charge in [0.15, 0.2) is 0 Å². The summed E-state index contributed by atoms with van der Waals surface area (Å²) < 4.78 is 0. The minimum Gasteiger partial charge on any atom is -0.356 e. The van der Waals surface area contributed by atoms with Crippen molar-refractivity contribution >= 4 is 17.3 Å². The molecule has 3 N–H and O–H groups in total. The third-order valence-corrected chi connectivity index (χ3v) is 3.89. The Kier molecular flexibility index (Phi) is 3.80. The molecule has 0 aromatic carbocycles. The molecule has 20 heavy (non-hydrogen) atoms. The molecule has 2 heterocycles. The molecule has 1 aromatic rings. The van der Waals surface area contributed by atoms with Crippen LogP contribution in [0.2, 0.25) is 0 Å². The smallest absolute Gasteiger partial charge is 0.276 e. The van der Waals surface area contributed by atoms with Crippen molar-refractivity contribution < 1.29 is 4.92 Å². The van der Waals surface area contributed by atoms with Crippen molar-refractivity contribution in [2.24, 2.45) is 17.2 Å². The maximum absolute atomic E-state index is 11.0. The average molecular weight is 279 g/mol. The van der Waals surface area contributed by atoms with Crippen molar-refractivity contribution in [3.05, 3.63) is 22.2 Å². The summed E-state index contributed by atoms with van der Waals surface area (Å²) in [6.45, 7) is 8.38. The van der Waals surface area contributed by atoms with E-state index in [0.29, 0.717) is 17.6 Å². The molecule has 0 radical (unpaired) electrons. The quantitative estimate of drug-likeness (QED) is 0.500. The van der Waals surface area contributed by atoms with Crippen LogP contribution in [0, 0.1) is 21.4 Å². The van der Waals surface area contributed by atoms with E-state index in [-0.39, 0.29) is 11.1 Å². The molecule has 1 aliphatic rings. The van der Waals surface area contributed by atoms with Gasteiger partial charge in [-0.25, -0.2) is 10.8 Å². The molecule has 0 aliphatic carbocycles. The zero-order chi connectivity index (χ0) is 14.9. The molecule has 2 rings (SSSR count). The molecule has 0 spiro atoms. The molecule has 7 heteroatoms. The summed E-state index contributed by atoms with van der Waals surface area (Å²) in [7, 11) is 0. The van der Waals surface area contributed by atoms with E-state index in [9.17, 15) is 10.1 Å². The van der Waals surface area contributed by atoms with Gasteiger partial charge in [-0.15, -0.1) is 0 Å². The van der Waals surface area contributed by atoms with Crippen LogP contribution in [0.1, 0.15) is 27.2 Å². The van der Waals surface area contributed by atoms with Crippen molar-refractivity contribution in [1.29, 1.82) is 0 Å². The van der Waals surface area contributed by atoms with Gasteiger partial charge < -0.3 is 10.3 Å². The lowest BCUT2D eigenvalue weighted by molar-refractivity contribution is -0.384. The molecule has 0 saturated carbocycles. The summed E-state index contributed by atoms with van der Waals surface area (Å²) in [5, 5.41) is 11.0. The number of nitro groups is 1. The van der Waals surface area contributed by atoms with Crippen LogP contribution in [0.4, 0.5) is 17.3 Å². The first-order valence-electron chi connectivity index (χ1n) is 6.69. The van der Waals surface area contributed by atoms with E-state index >= 15 is 0 Å². The second-order valence-electron chi connectivity index (χ2n) is 6.27. The normalized spacial score (nSPS) is 19.2. The average Bonchev–Trinajstić information content (AvgIpc) is 2.87. The predicted octanol–water partition coefficient (Wildman–Crippen LogP) is 2.15. The first-order valence-corrected chi connectivity index (χ1v) is 6.69. The maximum Gasteiger partial charge on any atom is 0.276 e. The highest BCUT2D eigenvalue weighted by Crippen LogP contribution is 2.36. The van der Waals surface area contributed by atoms with Gasteiger partial charge in [0.1, 0.15) is 11.6 Å². The van der Waals surface area contributed by atoms with Crippen LogP contribution in [0.15, 0.2) is 12.1 Å². The number of nitrogen functional groups attached to an aromatic ring is 1. The van der Waals surface area contributed by atoms with E-state index in [0.717, 1.165) is 19.5 Å². The Morgan fingerprint density at radius 2 is 2.20 bits per heavy atom. The number of hydrogen-bond donors (Lipinski definition) is 2. The second kappa shape index (κ2) is 5.24. The molecule has 1 fully saturated rings. The van der Waals surface area contributed by atoms with Crippen molar-refractivity contribution in [1.82, 2.24) is 4.98 Å². The summed E-state index contributed by atoms with van der Waals surface area (Å²) in [6.07, 6.45) is 1.07. The van der Waals surface area contributed by atoms with E-state index in [1.54, 1.807) is 0 Å². The molecule has 7 nitrogen and oxygen atoms in total. The second-order valence-corrected chi connectivity index (χ2v) is 6.27. The zero-order valence-corrected chi connectivity index (χ0v) is 12.1. The first-order chi connectivity index (χ1) is 9.31. The minimum atomic E-state index is -0.427. The molecule has 0 amide bonds. The van der Waals surface area contributed by atoms with Crippen molar-refractivity contribution in [3.8, 4) is 0 Å². The molecule has 0 bridgehead atoms. The van der Waals surface area contributed by atoms with Gasteiger partial charge in [0.05, 0.1) is 17.1 Å². The Balaban J connectivity index is 2.25. The van der Waals surface area contributed by atoms with Crippen LogP contribution >= 0.6 is 0 Å². The van der Waals surface area contributed by atoms with E-state index in [4.69, 9.17) is 5.84 Å².